The van der Waals surface area contributed by atoms with Crippen LogP contribution in [0.15, 0.2) is 58.3 Å². The van der Waals surface area contributed by atoms with Crippen LogP contribution in [0.2, 0.25) is 0 Å². The summed E-state index contributed by atoms with van der Waals surface area (Å²) in [6.45, 7) is 3.68. The maximum atomic E-state index is 10.5. The molecule has 0 bridgehead atoms. The molecule has 2 N–H and O–H groups in total. The minimum Gasteiger partial charge on any atom is -0.300 e. The lowest BCUT2D eigenvalue weighted by molar-refractivity contribution is -0.128. The summed E-state index contributed by atoms with van der Waals surface area (Å²) in [4.78, 5) is 20.8. The van der Waals surface area contributed by atoms with Crippen molar-refractivity contribution >= 4 is 31.8 Å². The highest BCUT2D eigenvalue weighted by Gasteiger charge is 2.14. The van der Waals surface area contributed by atoms with Gasteiger partial charge in [-0.3, -0.25) is 18.7 Å². The van der Waals surface area contributed by atoms with E-state index in [1.54, 1.807) is 24.3 Å². The number of carbonyl (C=O) groups is 2. The zero-order valence-electron chi connectivity index (χ0n) is 16.6. The molecule has 8 nitrogen and oxygen atoms in total. The highest BCUT2D eigenvalue weighted by Crippen LogP contribution is 2.10. The molecule has 0 saturated heterocycles. The lowest BCUT2D eigenvalue weighted by Crippen LogP contribution is -2.12. The molecule has 0 amide bonds. The third-order valence-corrected chi connectivity index (χ3v) is 5.74. The van der Waals surface area contributed by atoms with Crippen molar-refractivity contribution < 1.29 is 35.5 Å². The molecular weight excluding hydrogens is 432 g/mol. The summed E-state index contributed by atoms with van der Waals surface area (Å²) in [6, 6.07) is 12.0. The van der Waals surface area contributed by atoms with Crippen LogP contribution in [0, 0.1) is 13.8 Å². The van der Waals surface area contributed by atoms with Crippen molar-refractivity contribution in [1.29, 1.82) is 0 Å². The van der Waals surface area contributed by atoms with Crippen molar-refractivity contribution in [3.8, 4) is 0 Å². The van der Waals surface area contributed by atoms with Crippen LogP contribution >= 0.6 is 0 Å². The number of hydrogen-bond acceptors (Lipinski definition) is 6. The van der Waals surface area contributed by atoms with E-state index in [1.165, 1.54) is 24.3 Å². The fourth-order valence-corrected chi connectivity index (χ4v) is 3.19. The molecule has 1 fully saturated rings. The van der Waals surface area contributed by atoms with Gasteiger partial charge in [0.1, 0.15) is 11.6 Å². The number of Topliss-reactive ketones (excluding diaryl/α,β-unsaturated/α-hetero) is 2. The summed E-state index contributed by atoms with van der Waals surface area (Å²) in [5.74, 6) is 0.481. The minimum absolute atomic E-state index is 0.0666. The molecular formula is C20H24O8S2. The van der Waals surface area contributed by atoms with E-state index in [-0.39, 0.29) is 21.4 Å². The molecule has 1 aliphatic carbocycles. The van der Waals surface area contributed by atoms with Crippen LogP contribution in [0.4, 0.5) is 0 Å². The molecule has 0 aromatic heterocycles. The average Bonchev–Trinajstić information content (AvgIpc) is 2.64. The lowest BCUT2D eigenvalue weighted by atomic mass is 9.98. The summed E-state index contributed by atoms with van der Waals surface area (Å²) in [6.07, 6.45) is 1.94. The van der Waals surface area contributed by atoms with Crippen LogP contribution in [0.3, 0.4) is 0 Å². The summed E-state index contributed by atoms with van der Waals surface area (Å²) < 4.78 is 59.1. The molecule has 0 spiro atoms. The van der Waals surface area contributed by atoms with Crippen molar-refractivity contribution in [2.45, 2.75) is 49.3 Å². The highest BCUT2D eigenvalue weighted by atomic mass is 32.2. The third-order valence-electron chi connectivity index (χ3n) is 4.00. The fraction of sp³-hybridized carbons (Fsp3) is 0.300. The number of hydrogen-bond donors (Lipinski definition) is 2. The van der Waals surface area contributed by atoms with Gasteiger partial charge in [0.15, 0.2) is 0 Å². The first-order valence-electron chi connectivity index (χ1n) is 8.91. The first-order valence-corrected chi connectivity index (χ1v) is 11.8. The molecule has 10 heteroatoms. The van der Waals surface area contributed by atoms with Crippen molar-refractivity contribution in [3.63, 3.8) is 0 Å². The second-order valence-corrected chi connectivity index (χ2v) is 9.50. The summed E-state index contributed by atoms with van der Waals surface area (Å²) in [5, 5.41) is 0. The van der Waals surface area contributed by atoms with Crippen molar-refractivity contribution in [2.75, 3.05) is 0 Å². The molecule has 2 aromatic carbocycles. The lowest BCUT2D eigenvalue weighted by Gasteiger charge is -2.04. The van der Waals surface area contributed by atoms with E-state index in [0.29, 0.717) is 25.7 Å². The molecule has 164 valence electrons. The van der Waals surface area contributed by atoms with E-state index in [1.807, 2.05) is 13.8 Å². The Kier molecular flexibility index (Phi) is 9.50. The Morgan fingerprint density at radius 1 is 0.567 bits per heavy atom. The summed E-state index contributed by atoms with van der Waals surface area (Å²) >= 11 is 0. The second kappa shape index (κ2) is 11.1. The van der Waals surface area contributed by atoms with Gasteiger partial charge in [-0.2, -0.15) is 16.8 Å². The van der Waals surface area contributed by atoms with E-state index in [4.69, 9.17) is 9.11 Å². The summed E-state index contributed by atoms with van der Waals surface area (Å²) in [7, 11) is -8.04. The Hall–Kier alpha value is -2.40. The third kappa shape index (κ3) is 9.88. The zero-order chi connectivity index (χ0) is 22.9. The predicted octanol–water partition coefficient (Wildman–Crippen LogP) is 3.18. The normalized spacial score (nSPS) is 14.1. The molecule has 0 heterocycles. The molecule has 1 saturated carbocycles. The Labute approximate surface area is 176 Å². The van der Waals surface area contributed by atoms with Gasteiger partial charge in [0.25, 0.3) is 20.2 Å². The van der Waals surface area contributed by atoms with Gasteiger partial charge >= 0.3 is 0 Å². The molecule has 1 aliphatic rings. The summed E-state index contributed by atoms with van der Waals surface area (Å²) in [5.41, 5.74) is 1.91. The molecule has 0 atom stereocenters. The molecule has 0 aliphatic heterocycles. The number of carbonyl (C=O) groups excluding carboxylic acids is 2. The Morgan fingerprint density at radius 3 is 1.00 bits per heavy atom. The van der Waals surface area contributed by atoms with Gasteiger partial charge in [-0.1, -0.05) is 35.4 Å². The minimum atomic E-state index is -4.02. The highest BCUT2D eigenvalue weighted by molar-refractivity contribution is 7.86. The van der Waals surface area contributed by atoms with Crippen LogP contribution in [-0.4, -0.2) is 37.5 Å². The first kappa shape index (κ1) is 25.6. The monoisotopic (exact) mass is 456 g/mol. The van der Waals surface area contributed by atoms with E-state index >= 15 is 0 Å². The largest absolute Gasteiger partial charge is 0.300 e. The quantitative estimate of drug-likeness (QED) is 0.656. The maximum Gasteiger partial charge on any atom is 0.294 e. The fourth-order valence-electron chi connectivity index (χ4n) is 2.23. The van der Waals surface area contributed by atoms with E-state index < -0.39 is 20.2 Å². The Morgan fingerprint density at radius 2 is 0.800 bits per heavy atom. The van der Waals surface area contributed by atoms with Crippen LogP contribution in [0.5, 0.6) is 0 Å². The van der Waals surface area contributed by atoms with Gasteiger partial charge in [0.05, 0.1) is 9.79 Å². The zero-order valence-corrected chi connectivity index (χ0v) is 18.2. The number of aryl methyl sites for hydroxylation is 2. The first-order chi connectivity index (χ1) is 13.8. The SMILES string of the molecule is Cc1ccc(S(=O)(=O)O)cc1.Cc1ccc(S(=O)(=O)O)cc1.O=C1CCC(=O)CC1. The molecule has 0 unspecified atom stereocenters. The van der Waals surface area contributed by atoms with Crippen LogP contribution in [0.25, 0.3) is 0 Å². The van der Waals surface area contributed by atoms with Gasteiger partial charge in [-0.25, -0.2) is 0 Å². The van der Waals surface area contributed by atoms with E-state index in [2.05, 4.69) is 0 Å². The molecule has 30 heavy (non-hydrogen) atoms. The van der Waals surface area contributed by atoms with Crippen LogP contribution in [-0.2, 0) is 29.8 Å². The average molecular weight is 457 g/mol. The Balaban J connectivity index is 0.000000228. The van der Waals surface area contributed by atoms with Gasteiger partial charge in [0, 0.05) is 25.7 Å². The molecule has 2 aromatic rings. The van der Waals surface area contributed by atoms with E-state index in [9.17, 15) is 26.4 Å². The van der Waals surface area contributed by atoms with Gasteiger partial charge in [-0.05, 0) is 38.1 Å². The van der Waals surface area contributed by atoms with Crippen molar-refractivity contribution in [2.24, 2.45) is 0 Å². The van der Waals surface area contributed by atoms with Crippen LogP contribution < -0.4 is 0 Å². The topological polar surface area (TPSA) is 143 Å². The van der Waals surface area contributed by atoms with Crippen molar-refractivity contribution in [3.05, 3.63) is 59.7 Å². The second-order valence-electron chi connectivity index (χ2n) is 6.65. The maximum absolute atomic E-state index is 10.5. The van der Waals surface area contributed by atoms with E-state index in [0.717, 1.165) is 11.1 Å². The van der Waals surface area contributed by atoms with Gasteiger partial charge in [0.2, 0.25) is 0 Å². The molecule has 3 rings (SSSR count). The Bertz CT molecular complexity index is 967. The van der Waals surface area contributed by atoms with Gasteiger partial charge in [-0.15, -0.1) is 0 Å². The predicted molar refractivity (Wildman–Crippen MR) is 110 cm³/mol. The standard InChI is InChI=1S/2C7H8O3S.C6H8O2/c2*1-6-2-4-7(5-3-6)11(8,9)10;7-5-1-2-6(8)4-3-5/h2*2-5H,1H3,(H,8,9,10);1-4H2. The smallest absolute Gasteiger partial charge is 0.294 e. The van der Waals surface area contributed by atoms with Crippen molar-refractivity contribution in [1.82, 2.24) is 0 Å². The number of ketones is 2. The number of benzene rings is 2. The van der Waals surface area contributed by atoms with Gasteiger partial charge < -0.3 is 0 Å². The van der Waals surface area contributed by atoms with Crippen LogP contribution in [0.1, 0.15) is 36.8 Å². The molecule has 0 radical (unpaired) electrons. The number of rotatable bonds is 2.